The molecule has 18 heavy (non-hydrogen) atoms. The van der Waals surface area contributed by atoms with E-state index in [0.29, 0.717) is 0 Å². The average molecular weight is 245 g/mol. The zero-order chi connectivity index (χ0) is 13.1. The van der Waals surface area contributed by atoms with Crippen LogP contribution in [0.3, 0.4) is 0 Å². The molecule has 0 aliphatic heterocycles. The highest BCUT2D eigenvalue weighted by molar-refractivity contribution is 5.65. The smallest absolute Gasteiger partial charge is 0.302 e. The Morgan fingerprint density at radius 1 is 1.61 bits per heavy atom. The van der Waals surface area contributed by atoms with E-state index in [-0.39, 0.29) is 30.2 Å². The summed E-state index contributed by atoms with van der Waals surface area (Å²) >= 11 is 0. The summed E-state index contributed by atoms with van der Waals surface area (Å²) in [5.74, 6) is -0.469. The van der Waals surface area contributed by atoms with Crippen LogP contribution in [-0.2, 0) is 16.0 Å². The van der Waals surface area contributed by atoms with Gasteiger partial charge in [-0.15, -0.1) is 0 Å². The number of ether oxygens (including phenoxy) is 1. The zero-order valence-electron chi connectivity index (χ0n) is 10.2. The summed E-state index contributed by atoms with van der Waals surface area (Å²) in [5.41, 5.74) is 1.96. The number of benzene rings is 1. The Hall–Kier alpha value is -2.02. The number of carbonyl (C=O) groups is 1. The lowest BCUT2D eigenvalue weighted by molar-refractivity contribution is -0.142. The molecule has 0 radical (unpaired) electrons. The molecule has 2 rings (SSSR count). The Balaban J connectivity index is 2.23. The Morgan fingerprint density at radius 2 is 2.39 bits per heavy atom. The summed E-state index contributed by atoms with van der Waals surface area (Å²) in [6.45, 7) is 1.63. The predicted octanol–water partition coefficient (Wildman–Crippen LogP) is 2.12. The van der Waals surface area contributed by atoms with Crippen LogP contribution in [0.2, 0.25) is 0 Å². The second kappa shape index (κ2) is 5.09. The Kier molecular flexibility index (Phi) is 3.52. The summed E-state index contributed by atoms with van der Waals surface area (Å²) in [7, 11) is 0. The van der Waals surface area contributed by atoms with Crippen molar-refractivity contribution in [2.75, 3.05) is 6.61 Å². The predicted molar refractivity (Wildman–Crippen MR) is 64.9 cm³/mol. The van der Waals surface area contributed by atoms with E-state index in [0.717, 1.165) is 24.0 Å². The van der Waals surface area contributed by atoms with Gasteiger partial charge in [0.2, 0.25) is 0 Å². The maximum absolute atomic E-state index is 10.8. The number of hydrogen-bond donors (Lipinski definition) is 1. The number of aryl methyl sites for hydroxylation is 1. The highest BCUT2D eigenvalue weighted by Gasteiger charge is 2.30. The molecule has 94 valence electrons. The van der Waals surface area contributed by atoms with Crippen LogP contribution in [0.25, 0.3) is 0 Å². The molecule has 4 nitrogen and oxygen atoms in total. The van der Waals surface area contributed by atoms with Gasteiger partial charge < -0.3 is 9.84 Å². The van der Waals surface area contributed by atoms with Gasteiger partial charge >= 0.3 is 5.97 Å². The molecule has 1 aromatic carbocycles. The number of phenolic OH excluding ortho intramolecular Hbond substituents is 1. The minimum atomic E-state index is -0.326. The van der Waals surface area contributed by atoms with Crippen molar-refractivity contribution in [2.45, 2.75) is 25.7 Å². The van der Waals surface area contributed by atoms with Crippen molar-refractivity contribution in [3.8, 4) is 11.8 Å². The zero-order valence-corrected chi connectivity index (χ0v) is 10.2. The minimum absolute atomic E-state index is 0.00759. The standard InChI is InChI=1S/C14H15NO3/c1-9(16)18-8-11-3-2-10-4-5-12(17)6-13(10)14(11)7-15/h4-6,11,14,17H,2-3,8H2,1H3. The lowest BCUT2D eigenvalue weighted by Gasteiger charge is -2.28. The Labute approximate surface area is 106 Å². The van der Waals surface area contributed by atoms with Gasteiger partial charge in [0.1, 0.15) is 5.75 Å². The number of rotatable bonds is 2. The van der Waals surface area contributed by atoms with E-state index in [1.807, 2.05) is 6.07 Å². The third-order valence-corrected chi connectivity index (χ3v) is 3.36. The topological polar surface area (TPSA) is 70.3 Å². The number of aromatic hydroxyl groups is 1. The van der Waals surface area contributed by atoms with Gasteiger partial charge in [-0.1, -0.05) is 6.07 Å². The van der Waals surface area contributed by atoms with E-state index >= 15 is 0 Å². The fraction of sp³-hybridized carbons (Fsp3) is 0.429. The highest BCUT2D eigenvalue weighted by atomic mass is 16.5. The van der Waals surface area contributed by atoms with Crippen LogP contribution in [0.4, 0.5) is 0 Å². The summed E-state index contributed by atoms with van der Waals surface area (Å²) in [6.07, 6.45) is 1.67. The van der Waals surface area contributed by atoms with Gasteiger partial charge in [0.25, 0.3) is 0 Å². The van der Waals surface area contributed by atoms with Gasteiger partial charge in [0, 0.05) is 12.8 Å². The first kappa shape index (κ1) is 12.4. The second-order valence-corrected chi connectivity index (χ2v) is 4.59. The van der Waals surface area contributed by atoms with E-state index < -0.39 is 0 Å². The van der Waals surface area contributed by atoms with Crippen molar-refractivity contribution in [3.63, 3.8) is 0 Å². The second-order valence-electron chi connectivity index (χ2n) is 4.59. The Morgan fingerprint density at radius 3 is 3.06 bits per heavy atom. The summed E-state index contributed by atoms with van der Waals surface area (Å²) in [5, 5.41) is 18.8. The van der Waals surface area contributed by atoms with Crippen molar-refractivity contribution < 1.29 is 14.6 Å². The van der Waals surface area contributed by atoms with E-state index in [9.17, 15) is 15.2 Å². The van der Waals surface area contributed by atoms with Gasteiger partial charge in [0.05, 0.1) is 18.6 Å². The lowest BCUT2D eigenvalue weighted by Crippen LogP contribution is -2.24. The quantitative estimate of drug-likeness (QED) is 0.810. The maximum Gasteiger partial charge on any atom is 0.302 e. The fourth-order valence-corrected chi connectivity index (χ4v) is 2.44. The van der Waals surface area contributed by atoms with Gasteiger partial charge in [-0.2, -0.15) is 5.26 Å². The number of nitriles is 1. The van der Waals surface area contributed by atoms with E-state index in [2.05, 4.69) is 6.07 Å². The third kappa shape index (κ3) is 2.45. The van der Waals surface area contributed by atoms with Crippen molar-refractivity contribution >= 4 is 5.97 Å². The largest absolute Gasteiger partial charge is 0.508 e. The first-order valence-electron chi connectivity index (χ1n) is 5.96. The van der Waals surface area contributed by atoms with Crippen molar-refractivity contribution in [3.05, 3.63) is 29.3 Å². The molecule has 2 atom stereocenters. The molecule has 1 aromatic rings. The normalized spacial score (nSPS) is 21.8. The number of hydrogen-bond acceptors (Lipinski definition) is 4. The molecule has 1 aliphatic carbocycles. The van der Waals surface area contributed by atoms with Gasteiger partial charge in [0.15, 0.2) is 0 Å². The van der Waals surface area contributed by atoms with Gasteiger partial charge in [-0.3, -0.25) is 4.79 Å². The summed E-state index contributed by atoms with van der Waals surface area (Å²) in [6, 6.07) is 7.40. The molecule has 0 saturated heterocycles. The van der Waals surface area contributed by atoms with Crippen molar-refractivity contribution in [1.29, 1.82) is 5.26 Å². The summed E-state index contributed by atoms with van der Waals surface area (Å²) < 4.78 is 5.01. The van der Waals surface area contributed by atoms with Crippen LogP contribution in [-0.4, -0.2) is 17.7 Å². The number of fused-ring (bicyclic) bond motifs is 1. The van der Waals surface area contributed by atoms with Crippen molar-refractivity contribution in [1.82, 2.24) is 0 Å². The monoisotopic (exact) mass is 245 g/mol. The lowest BCUT2D eigenvalue weighted by atomic mass is 9.76. The maximum atomic E-state index is 10.8. The number of nitrogens with zero attached hydrogens (tertiary/aromatic N) is 1. The molecule has 0 aromatic heterocycles. The van der Waals surface area contributed by atoms with E-state index in [1.165, 1.54) is 6.92 Å². The first-order chi connectivity index (χ1) is 8.61. The molecule has 0 saturated carbocycles. The average Bonchev–Trinajstić information content (AvgIpc) is 2.35. The Bertz CT molecular complexity index is 504. The van der Waals surface area contributed by atoms with Gasteiger partial charge in [-0.05, 0) is 36.1 Å². The first-order valence-corrected chi connectivity index (χ1v) is 5.96. The van der Waals surface area contributed by atoms with Crippen molar-refractivity contribution in [2.24, 2.45) is 5.92 Å². The van der Waals surface area contributed by atoms with Crippen LogP contribution in [0.5, 0.6) is 5.75 Å². The van der Waals surface area contributed by atoms with Crippen LogP contribution in [0.1, 0.15) is 30.4 Å². The molecule has 0 bridgehead atoms. The molecule has 0 amide bonds. The number of esters is 1. The van der Waals surface area contributed by atoms with E-state index in [4.69, 9.17) is 4.74 Å². The molecular formula is C14H15NO3. The minimum Gasteiger partial charge on any atom is -0.508 e. The molecule has 0 spiro atoms. The summed E-state index contributed by atoms with van der Waals surface area (Å²) in [4.78, 5) is 10.8. The molecule has 2 unspecified atom stereocenters. The number of carbonyl (C=O) groups excluding carboxylic acids is 1. The van der Waals surface area contributed by atoms with Crippen LogP contribution in [0, 0.1) is 17.2 Å². The van der Waals surface area contributed by atoms with Crippen LogP contribution >= 0.6 is 0 Å². The number of phenols is 1. The molecule has 1 aliphatic rings. The van der Waals surface area contributed by atoms with Gasteiger partial charge in [-0.25, -0.2) is 0 Å². The SMILES string of the molecule is CC(=O)OCC1CCc2ccc(O)cc2C1C#N. The molecule has 0 heterocycles. The highest BCUT2D eigenvalue weighted by Crippen LogP contribution is 2.37. The fourth-order valence-electron chi connectivity index (χ4n) is 2.44. The van der Waals surface area contributed by atoms with Crippen LogP contribution < -0.4 is 0 Å². The molecule has 0 fully saturated rings. The van der Waals surface area contributed by atoms with Crippen LogP contribution in [0.15, 0.2) is 18.2 Å². The van der Waals surface area contributed by atoms with E-state index in [1.54, 1.807) is 12.1 Å². The molecule has 4 heteroatoms. The third-order valence-electron chi connectivity index (χ3n) is 3.36. The molecular weight excluding hydrogens is 230 g/mol. The molecule has 1 N–H and O–H groups in total.